The summed E-state index contributed by atoms with van der Waals surface area (Å²) >= 11 is 7.11. The Morgan fingerprint density at radius 2 is 2.53 bits per heavy atom. The second-order valence-corrected chi connectivity index (χ2v) is 3.62. The van der Waals surface area contributed by atoms with E-state index in [1.165, 1.54) is 18.0 Å². The van der Waals surface area contributed by atoms with E-state index in [0.29, 0.717) is 5.16 Å². The molecule has 0 saturated heterocycles. The van der Waals surface area contributed by atoms with E-state index in [9.17, 15) is 4.79 Å². The number of halogens is 1. The summed E-state index contributed by atoms with van der Waals surface area (Å²) in [5.74, 6) is 1.90. The van der Waals surface area contributed by atoms with Crippen LogP contribution in [0.4, 0.5) is 0 Å². The van der Waals surface area contributed by atoms with Crippen LogP contribution in [0.15, 0.2) is 11.4 Å². The molecule has 0 unspecified atom stereocenters. The van der Waals surface area contributed by atoms with Crippen molar-refractivity contribution in [1.29, 1.82) is 0 Å². The summed E-state index contributed by atoms with van der Waals surface area (Å²) in [6.45, 7) is 0.147. The number of amides is 1. The second kappa shape index (κ2) is 5.59. The number of rotatable bonds is 3. The molecule has 78 valence electrons. The summed E-state index contributed by atoms with van der Waals surface area (Å²) in [6.07, 6.45) is 8.22. The Kier molecular flexibility index (Phi) is 4.40. The number of carbonyl (C=O) groups is 1. The van der Waals surface area contributed by atoms with E-state index in [0.717, 1.165) is 0 Å². The molecule has 15 heavy (non-hydrogen) atoms. The third-order valence-corrected chi connectivity index (χ3v) is 2.31. The SMILES string of the molecule is C#CCNC(=O)c1nc(SC)ncc1Cl. The topological polar surface area (TPSA) is 54.9 Å². The molecule has 0 spiro atoms. The molecule has 4 nitrogen and oxygen atoms in total. The van der Waals surface area contributed by atoms with Crippen LogP contribution in [-0.4, -0.2) is 28.7 Å². The van der Waals surface area contributed by atoms with Gasteiger partial charge in [0.15, 0.2) is 10.9 Å². The van der Waals surface area contributed by atoms with Gasteiger partial charge in [-0.15, -0.1) is 6.42 Å². The Labute approximate surface area is 96.8 Å². The average molecular weight is 242 g/mol. The van der Waals surface area contributed by atoms with Gasteiger partial charge in [0.1, 0.15) is 0 Å². The Bertz CT molecular complexity index is 416. The van der Waals surface area contributed by atoms with Crippen molar-refractivity contribution in [3.8, 4) is 12.3 Å². The standard InChI is InChI=1S/C9H8ClN3OS/c1-3-4-11-8(14)7-6(10)5-12-9(13-7)15-2/h1,5H,4H2,2H3,(H,11,14). The third-order valence-electron chi connectivity index (χ3n) is 1.47. The van der Waals surface area contributed by atoms with Crippen molar-refractivity contribution in [1.82, 2.24) is 15.3 Å². The van der Waals surface area contributed by atoms with E-state index in [2.05, 4.69) is 21.2 Å². The lowest BCUT2D eigenvalue weighted by molar-refractivity contribution is 0.0953. The van der Waals surface area contributed by atoms with Crippen molar-refractivity contribution in [2.24, 2.45) is 0 Å². The highest BCUT2D eigenvalue weighted by Gasteiger charge is 2.12. The lowest BCUT2D eigenvalue weighted by Gasteiger charge is -2.03. The van der Waals surface area contributed by atoms with Crippen LogP contribution in [0, 0.1) is 12.3 Å². The van der Waals surface area contributed by atoms with Gasteiger partial charge in [-0.25, -0.2) is 9.97 Å². The molecular weight excluding hydrogens is 234 g/mol. The molecule has 0 aromatic carbocycles. The van der Waals surface area contributed by atoms with Gasteiger partial charge in [-0.3, -0.25) is 4.79 Å². The fraction of sp³-hybridized carbons (Fsp3) is 0.222. The first kappa shape index (κ1) is 11.8. The van der Waals surface area contributed by atoms with Gasteiger partial charge in [-0.05, 0) is 6.26 Å². The highest BCUT2D eigenvalue weighted by molar-refractivity contribution is 7.98. The van der Waals surface area contributed by atoms with Crippen molar-refractivity contribution in [3.63, 3.8) is 0 Å². The Morgan fingerprint density at radius 3 is 3.13 bits per heavy atom. The fourth-order valence-corrected chi connectivity index (χ4v) is 1.34. The molecule has 0 radical (unpaired) electrons. The van der Waals surface area contributed by atoms with E-state index in [1.807, 2.05) is 6.26 Å². The molecule has 6 heteroatoms. The number of hydrogen-bond acceptors (Lipinski definition) is 4. The molecule has 1 N–H and O–H groups in total. The van der Waals surface area contributed by atoms with Crippen LogP contribution < -0.4 is 5.32 Å². The zero-order valence-corrected chi connectivity index (χ0v) is 9.52. The van der Waals surface area contributed by atoms with E-state index in [1.54, 1.807) is 0 Å². The Hall–Kier alpha value is -1.25. The van der Waals surface area contributed by atoms with E-state index in [-0.39, 0.29) is 17.3 Å². The lowest BCUT2D eigenvalue weighted by Crippen LogP contribution is -2.25. The highest BCUT2D eigenvalue weighted by atomic mass is 35.5. The maximum atomic E-state index is 11.5. The summed E-state index contributed by atoms with van der Waals surface area (Å²) in [5.41, 5.74) is 0.145. The predicted molar refractivity (Wildman–Crippen MR) is 60.0 cm³/mol. The van der Waals surface area contributed by atoms with Crippen LogP contribution in [0.1, 0.15) is 10.5 Å². The minimum atomic E-state index is -0.393. The van der Waals surface area contributed by atoms with Gasteiger partial charge in [0, 0.05) is 0 Å². The van der Waals surface area contributed by atoms with Crippen molar-refractivity contribution in [2.75, 3.05) is 12.8 Å². The molecule has 1 heterocycles. The largest absolute Gasteiger partial charge is 0.340 e. The summed E-state index contributed by atoms with van der Waals surface area (Å²) in [4.78, 5) is 19.4. The van der Waals surface area contributed by atoms with Crippen LogP contribution >= 0.6 is 23.4 Å². The van der Waals surface area contributed by atoms with Gasteiger partial charge in [0.2, 0.25) is 0 Å². The number of aromatic nitrogens is 2. The summed E-state index contributed by atoms with van der Waals surface area (Å²) in [7, 11) is 0. The van der Waals surface area contributed by atoms with Gasteiger partial charge >= 0.3 is 0 Å². The number of nitrogens with one attached hydrogen (secondary N) is 1. The molecule has 0 atom stereocenters. The number of hydrogen-bond donors (Lipinski definition) is 1. The molecule has 1 aromatic heterocycles. The van der Waals surface area contributed by atoms with Crippen molar-refractivity contribution in [2.45, 2.75) is 5.16 Å². The fourth-order valence-electron chi connectivity index (χ4n) is 0.824. The summed E-state index contributed by atoms with van der Waals surface area (Å²) in [5, 5.41) is 3.18. The quantitative estimate of drug-likeness (QED) is 0.491. The first-order chi connectivity index (χ1) is 7.19. The molecule has 1 rings (SSSR count). The molecule has 0 bridgehead atoms. The summed E-state index contributed by atoms with van der Waals surface area (Å²) < 4.78 is 0. The molecule has 0 fully saturated rings. The number of thioether (sulfide) groups is 1. The molecular formula is C9H8ClN3OS. The molecule has 1 amide bonds. The van der Waals surface area contributed by atoms with Gasteiger partial charge in [-0.2, -0.15) is 0 Å². The maximum absolute atomic E-state index is 11.5. The predicted octanol–water partition coefficient (Wildman–Crippen LogP) is 1.21. The maximum Gasteiger partial charge on any atom is 0.272 e. The van der Waals surface area contributed by atoms with Crippen LogP contribution in [0.3, 0.4) is 0 Å². The highest BCUT2D eigenvalue weighted by Crippen LogP contribution is 2.16. The lowest BCUT2D eigenvalue weighted by atomic mass is 10.4. The van der Waals surface area contributed by atoms with Crippen molar-refractivity contribution >= 4 is 29.3 Å². The zero-order chi connectivity index (χ0) is 11.3. The number of carbonyl (C=O) groups excluding carboxylic acids is 1. The van der Waals surface area contributed by atoms with Gasteiger partial charge in [-0.1, -0.05) is 29.3 Å². The molecule has 0 aliphatic carbocycles. The Morgan fingerprint density at radius 1 is 1.80 bits per heavy atom. The molecule has 0 saturated carbocycles. The van der Waals surface area contributed by atoms with Crippen LogP contribution in [0.2, 0.25) is 5.02 Å². The zero-order valence-electron chi connectivity index (χ0n) is 7.95. The smallest absolute Gasteiger partial charge is 0.272 e. The van der Waals surface area contributed by atoms with Crippen molar-refractivity contribution in [3.05, 3.63) is 16.9 Å². The number of terminal acetylenes is 1. The third kappa shape index (κ3) is 3.11. The molecule has 0 aliphatic heterocycles. The first-order valence-electron chi connectivity index (χ1n) is 3.97. The summed E-state index contributed by atoms with van der Waals surface area (Å²) in [6, 6.07) is 0. The second-order valence-electron chi connectivity index (χ2n) is 2.44. The average Bonchev–Trinajstić information content (AvgIpc) is 2.26. The monoisotopic (exact) mass is 241 g/mol. The first-order valence-corrected chi connectivity index (χ1v) is 5.57. The normalized spacial score (nSPS) is 9.40. The van der Waals surface area contributed by atoms with Gasteiger partial charge < -0.3 is 5.32 Å². The van der Waals surface area contributed by atoms with Gasteiger partial charge in [0.05, 0.1) is 17.8 Å². The molecule has 1 aromatic rings. The molecule has 0 aliphatic rings. The van der Waals surface area contributed by atoms with Gasteiger partial charge in [0.25, 0.3) is 5.91 Å². The van der Waals surface area contributed by atoms with E-state index >= 15 is 0 Å². The van der Waals surface area contributed by atoms with Crippen molar-refractivity contribution < 1.29 is 4.79 Å². The minimum absolute atomic E-state index is 0.145. The minimum Gasteiger partial charge on any atom is -0.340 e. The van der Waals surface area contributed by atoms with Crippen LogP contribution in [0.25, 0.3) is 0 Å². The van der Waals surface area contributed by atoms with E-state index < -0.39 is 5.91 Å². The van der Waals surface area contributed by atoms with E-state index in [4.69, 9.17) is 18.0 Å². The Balaban J connectivity index is 2.92. The van der Waals surface area contributed by atoms with Crippen LogP contribution in [0.5, 0.6) is 0 Å². The van der Waals surface area contributed by atoms with Crippen LogP contribution in [-0.2, 0) is 0 Å². The number of nitrogens with zero attached hydrogens (tertiary/aromatic N) is 2.